The zero-order valence-corrected chi connectivity index (χ0v) is 9.98. The lowest BCUT2D eigenvalue weighted by molar-refractivity contribution is -0.122. The van der Waals surface area contributed by atoms with E-state index in [0.717, 1.165) is 29.4 Å². The van der Waals surface area contributed by atoms with Crippen LogP contribution >= 0.6 is 0 Å². The Balaban J connectivity index is 1.72. The highest BCUT2D eigenvalue weighted by atomic mass is 16.5. The Kier molecular flexibility index (Phi) is 2.98. The van der Waals surface area contributed by atoms with Crippen LogP contribution in [0.2, 0.25) is 0 Å². The van der Waals surface area contributed by atoms with Crippen molar-refractivity contribution in [3.63, 3.8) is 0 Å². The average molecular weight is 245 g/mol. The van der Waals surface area contributed by atoms with Crippen LogP contribution in [0.4, 0.5) is 5.69 Å². The number of aromatic amines is 1. The number of aromatic nitrogens is 2. The summed E-state index contributed by atoms with van der Waals surface area (Å²) in [5.74, 6) is 0.153. The van der Waals surface area contributed by atoms with Gasteiger partial charge in [-0.05, 0) is 31.0 Å². The standard InChI is InChI=1S/C13H15N3O2/c17-13(9-3-5-18-6-4-9)15-11-1-2-12-10(7-11)8-14-16-12/h1-2,7-9H,3-6H2,(H,14,16)(H,15,17). The Hall–Kier alpha value is -1.88. The van der Waals surface area contributed by atoms with Gasteiger partial charge in [-0.2, -0.15) is 5.10 Å². The molecule has 0 radical (unpaired) electrons. The van der Waals surface area contributed by atoms with Crippen LogP contribution in [0.15, 0.2) is 24.4 Å². The Morgan fingerprint density at radius 3 is 3.06 bits per heavy atom. The minimum absolute atomic E-state index is 0.0683. The van der Waals surface area contributed by atoms with Gasteiger partial charge in [0.25, 0.3) is 0 Å². The van der Waals surface area contributed by atoms with Crippen LogP contribution in [0.5, 0.6) is 0 Å². The summed E-state index contributed by atoms with van der Waals surface area (Å²) in [6, 6.07) is 5.73. The summed E-state index contributed by atoms with van der Waals surface area (Å²) in [4.78, 5) is 12.1. The summed E-state index contributed by atoms with van der Waals surface area (Å²) < 4.78 is 5.25. The topological polar surface area (TPSA) is 67.0 Å². The Bertz CT molecular complexity index is 558. The van der Waals surface area contributed by atoms with Gasteiger partial charge in [0.05, 0.1) is 11.7 Å². The summed E-state index contributed by atoms with van der Waals surface area (Å²) in [5.41, 5.74) is 1.79. The highest BCUT2D eigenvalue weighted by Gasteiger charge is 2.21. The zero-order chi connectivity index (χ0) is 12.4. The molecule has 2 N–H and O–H groups in total. The van der Waals surface area contributed by atoms with E-state index in [1.165, 1.54) is 0 Å². The molecule has 1 aliphatic rings. The third kappa shape index (κ3) is 2.22. The Morgan fingerprint density at radius 1 is 1.39 bits per heavy atom. The van der Waals surface area contributed by atoms with Gasteiger partial charge in [-0.3, -0.25) is 9.89 Å². The minimum atomic E-state index is 0.0683. The Morgan fingerprint density at radius 2 is 2.22 bits per heavy atom. The van der Waals surface area contributed by atoms with Crippen molar-refractivity contribution in [3.8, 4) is 0 Å². The molecule has 1 amide bonds. The van der Waals surface area contributed by atoms with Crippen molar-refractivity contribution in [2.24, 2.45) is 5.92 Å². The largest absolute Gasteiger partial charge is 0.381 e. The van der Waals surface area contributed by atoms with Crippen LogP contribution in [0, 0.1) is 5.92 Å². The first-order chi connectivity index (χ1) is 8.83. The van der Waals surface area contributed by atoms with Crippen LogP contribution in [0.25, 0.3) is 10.9 Å². The number of rotatable bonds is 2. The molecule has 18 heavy (non-hydrogen) atoms. The van der Waals surface area contributed by atoms with Crippen molar-refractivity contribution in [1.82, 2.24) is 10.2 Å². The second-order valence-electron chi connectivity index (χ2n) is 4.55. The van der Waals surface area contributed by atoms with Gasteiger partial charge in [0.15, 0.2) is 0 Å². The number of ether oxygens (including phenoxy) is 1. The molecule has 5 nitrogen and oxygen atoms in total. The molecular weight excluding hydrogens is 230 g/mol. The number of anilines is 1. The molecule has 0 atom stereocenters. The Labute approximate surface area is 105 Å². The first kappa shape index (κ1) is 11.2. The van der Waals surface area contributed by atoms with E-state index in [0.29, 0.717) is 13.2 Å². The molecule has 1 saturated heterocycles. The maximum absolute atomic E-state index is 12.1. The molecule has 0 unspecified atom stereocenters. The summed E-state index contributed by atoms with van der Waals surface area (Å²) >= 11 is 0. The van der Waals surface area contributed by atoms with Gasteiger partial charge in [-0.15, -0.1) is 0 Å². The number of fused-ring (bicyclic) bond motifs is 1. The molecule has 1 aromatic heterocycles. The highest BCUT2D eigenvalue weighted by molar-refractivity contribution is 5.94. The minimum Gasteiger partial charge on any atom is -0.381 e. The number of nitrogens with one attached hydrogen (secondary N) is 2. The van der Waals surface area contributed by atoms with E-state index in [1.54, 1.807) is 6.20 Å². The van der Waals surface area contributed by atoms with E-state index in [-0.39, 0.29) is 11.8 Å². The predicted molar refractivity (Wildman–Crippen MR) is 68.3 cm³/mol. The zero-order valence-electron chi connectivity index (χ0n) is 9.98. The summed E-state index contributed by atoms with van der Waals surface area (Å²) in [6.45, 7) is 1.36. The molecule has 0 aliphatic carbocycles. The maximum Gasteiger partial charge on any atom is 0.227 e. The fourth-order valence-electron chi connectivity index (χ4n) is 2.22. The predicted octanol–water partition coefficient (Wildman–Crippen LogP) is 1.93. The lowest BCUT2D eigenvalue weighted by Gasteiger charge is -2.21. The first-order valence-electron chi connectivity index (χ1n) is 6.15. The smallest absolute Gasteiger partial charge is 0.227 e. The van der Waals surface area contributed by atoms with E-state index >= 15 is 0 Å². The third-order valence-corrected chi connectivity index (χ3v) is 3.30. The molecule has 5 heteroatoms. The highest BCUT2D eigenvalue weighted by Crippen LogP contribution is 2.20. The third-order valence-electron chi connectivity index (χ3n) is 3.30. The molecule has 1 aromatic carbocycles. The van der Waals surface area contributed by atoms with Crippen LogP contribution in [-0.4, -0.2) is 29.3 Å². The van der Waals surface area contributed by atoms with E-state index in [9.17, 15) is 4.79 Å². The fourth-order valence-corrected chi connectivity index (χ4v) is 2.22. The van der Waals surface area contributed by atoms with E-state index in [4.69, 9.17) is 4.74 Å². The van der Waals surface area contributed by atoms with E-state index in [1.807, 2.05) is 18.2 Å². The quantitative estimate of drug-likeness (QED) is 0.849. The second kappa shape index (κ2) is 4.78. The number of nitrogens with zero attached hydrogens (tertiary/aromatic N) is 1. The molecule has 1 aliphatic heterocycles. The number of hydrogen-bond acceptors (Lipinski definition) is 3. The lowest BCUT2D eigenvalue weighted by Crippen LogP contribution is -2.28. The molecular formula is C13H15N3O2. The van der Waals surface area contributed by atoms with Gasteiger partial charge in [-0.25, -0.2) is 0 Å². The molecule has 94 valence electrons. The van der Waals surface area contributed by atoms with E-state index < -0.39 is 0 Å². The number of H-pyrrole nitrogens is 1. The number of amides is 1. The van der Waals surface area contributed by atoms with Gasteiger partial charge in [0.2, 0.25) is 5.91 Å². The van der Waals surface area contributed by atoms with Crippen molar-refractivity contribution in [3.05, 3.63) is 24.4 Å². The second-order valence-corrected chi connectivity index (χ2v) is 4.55. The molecule has 0 bridgehead atoms. The number of carbonyl (C=O) groups excluding carboxylic acids is 1. The fraction of sp³-hybridized carbons (Fsp3) is 0.385. The van der Waals surface area contributed by atoms with Crippen LogP contribution in [0.1, 0.15) is 12.8 Å². The number of carbonyl (C=O) groups is 1. The van der Waals surface area contributed by atoms with Crippen molar-refractivity contribution < 1.29 is 9.53 Å². The lowest BCUT2D eigenvalue weighted by atomic mass is 9.99. The maximum atomic E-state index is 12.1. The van der Waals surface area contributed by atoms with Gasteiger partial charge in [0.1, 0.15) is 0 Å². The van der Waals surface area contributed by atoms with Gasteiger partial charge < -0.3 is 10.1 Å². The summed E-state index contributed by atoms with van der Waals surface area (Å²) in [6.07, 6.45) is 3.36. The van der Waals surface area contributed by atoms with Crippen molar-refractivity contribution in [2.45, 2.75) is 12.8 Å². The van der Waals surface area contributed by atoms with Crippen molar-refractivity contribution in [2.75, 3.05) is 18.5 Å². The molecule has 0 spiro atoms. The van der Waals surface area contributed by atoms with E-state index in [2.05, 4.69) is 15.5 Å². The van der Waals surface area contributed by atoms with Crippen LogP contribution in [-0.2, 0) is 9.53 Å². The summed E-state index contributed by atoms with van der Waals surface area (Å²) in [7, 11) is 0. The van der Waals surface area contributed by atoms with Gasteiger partial charge >= 0.3 is 0 Å². The monoisotopic (exact) mass is 245 g/mol. The molecule has 0 saturated carbocycles. The molecule has 3 rings (SSSR count). The van der Waals surface area contributed by atoms with Crippen molar-refractivity contribution in [1.29, 1.82) is 0 Å². The normalized spacial score (nSPS) is 16.9. The van der Waals surface area contributed by atoms with Crippen LogP contribution < -0.4 is 5.32 Å². The number of hydrogen-bond donors (Lipinski definition) is 2. The molecule has 2 heterocycles. The van der Waals surface area contributed by atoms with Gasteiger partial charge in [-0.1, -0.05) is 0 Å². The molecule has 1 fully saturated rings. The summed E-state index contributed by atoms with van der Waals surface area (Å²) in [5, 5.41) is 10.8. The van der Waals surface area contributed by atoms with Gasteiger partial charge in [0, 0.05) is 30.2 Å². The first-order valence-corrected chi connectivity index (χ1v) is 6.15. The average Bonchev–Trinajstić information content (AvgIpc) is 2.87. The molecule has 2 aromatic rings. The SMILES string of the molecule is O=C(Nc1ccc2[nH]ncc2c1)C1CCOCC1. The number of benzene rings is 1. The van der Waals surface area contributed by atoms with Crippen LogP contribution in [0.3, 0.4) is 0 Å². The van der Waals surface area contributed by atoms with Crippen molar-refractivity contribution >= 4 is 22.5 Å².